The van der Waals surface area contributed by atoms with Crippen molar-refractivity contribution in [2.24, 2.45) is 5.92 Å². The van der Waals surface area contributed by atoms with E-state index < -0.39 is 24.3 Å². The number of rotatable bonds is 4. The molecule has 3 heterocycles. The van der Waals surface area contributed by atoms with Crippen LogP contribution >= 0.6 is 0 Å². The molecule has 0 radical (unpaired) electrons. The molecule has 4 rings (SSSR count). The molecule has 0 bridgehead atoms. The second-order valence-corrected chi connectivity index (χ2v) is 8.78. The van der Waals surface area contributed by atoms with Crippen LogP contribution in [0.1, 0.15) is 24.1 Å². The van der Waals surface area contributed by atoms with Crippen LogP contribution in [0.25, 0.3) is 0 Å². The molecule has 1 aromatic carbocycles. The third kappa shape index (κ3) is 10.7. The van der Waals surface area contributed by atoms with Gasteiger partial charge in [0.1, 0.15) is 5.82 Å². The molecule has 2 aromatic rings. The number of hydrogen-bond donors (Lipinski definition) is 2. The number of benzene rings is 1. The summed E-state index contributed by atoms with van der Waals surface area (Å²) in [5.74, 6) is -5.10. The van der Waals surface area contributed by atoms with Crippen LogP contribution in [0.15, 0.2) is 36.5 Å². The lowest BCUT2D eigenvalue weighted by atomic mass is 10.1. The number of hydrogen-bond acceptors (Lipinski definition) is 5. The minimum absolute atomic E-state index is 0.152. The smallest absolute Gasteiger partial charge is 0.475 e. The summed E-state index contributed by atoms with van der Waals surface area (Å²) in [6.45, 7) is 7.29. The summed E-state index contributed by atoms with van der Waals surface area (Å²) in [5, 5.41) is 18.8. The number of aromatic nitrogens is 2. The molecule has 38 heavy (non-hydrogen) atoms. The molecule has 0 amide bonds. The third-order valence-corrected chi connectivity index (χ3v) is 5.63. The van der Waals surface area contributed by atoms with Crippen LogP contribution in [0.3, 0.4) is 0 Å². The maximum Gasteiger partial charge on any atom is 0.490 e. The normalized spacial score (nSPS) is 18.3. The molecule has 1 atom stereocenters. The van der Waals surface area contributed by atoms with Gasteiger partial charge in [-0.15, -0.1) is 0 Å². The number of carboxylic acids is 2. The summed E-state index contributed by atoms with van der Waals surface area (Å²) in [7, 11) is 0. The zero-order chi connectivity index (χ0) is 28.5. The molecule has 0 aliphatic carbocycles. The highest BCUT2D eigenvalue weighted by Crippen LogP contribution is 2.21. The van der Waals surface area contributed by atoms with Crippen molar-refractivity contribution in [3.8, 4) is 0 Å². The van der Waals surface area contributed by atoms with Crippen molar-refractivity contribution in [3.63, 3.8) is 0 Å². The molecule has 1 saturated heterocycles. The first kappa shape index (κ1) is 31.0. The standard InChI is InChI=1S/C19H25FN4.2C2HF3O2/c20-18-5-3-4-16(10-18)11-23-13-17(12-22-8-1-2-9-22)14-24-19(15-23)6-7-21-24;2*3-2(4,5)1(6)7/h3-7,10,17H,1-2,8-9,11-15H2;2*(H,6,7). The molecular weight excluding hydrogens is 529 g/mol. The van der Waals surface area contributed by atoms with Gasteiger partial charge in [-0.2, -0.15) is 31.4 Å². The number of alkyl halides is 6. The Morgan fingerprint density at radius 2 is 1.50 bits per heavy atom. The number of aliphatic carboxylic acids is 2. The highest BCUT2D eigenvalue weighted by Gasteiger charge is 2.38. The van der Waals surface area contributed by atoms with E-state index in [9.17, 15) is 30.7 Å². The van der Waals surface area contributed by atoms with Crippen molar-refractivity contribution < 1.29 is 50.5 Å². The van der Waals surface area contributed by atoms with E-state index in [0.717, 1.165) is 38.3 Å². The van der Waals surface area contributed by atoms with Crippen LogP contribution in [0, 0.1) is 11.7 Å². The Kier molecular flexibility index (Phi) is 11.1. The second kappa shape index (κ2) is 13.6. The Morgan fingerprint density at radius 1 is 0.921 bits per heavy atom. The lowest BCUT2D eigenvalue weighted by molar-refractivity contribution is -0.193. The minimum atomic E-state index is -5.08. The Bertz CT molecular complexity index is 1030. The first-order valence-corrected chi connectivity index (χ1v) is 11.4. The Balaban J connectivity index is 0.000000301. The molecule has 8 nitrogen and oxygen atoms in total. The van der Waals surface area contributed by atoms with Gasteiger partial charge >= 0.3 is 24.3 Å². The fourth-order valence-corrected chi connectivity index (χ4v) is 4.08. The van der Waals surface area contributed by atoms with E-state index >= 15 is 0 Å². The van der Waals surface area contributed by atoms with Gasteiger partial charge in [0.25, 0.3) is 0 Å². The van der Waals surface area contributed by atoms with Gasteiger partial charge in [-0.3, -0.25) is 9.58 Å². The largest absolute Gasteiger partial charge is 0.490 e. The maximum atomic E-state index is 13.5. The van der Waals surface area contributed by atoms with Crippen LogP contribution in [0.5, 0.6) is 0 Å². The number of carboxylic acid groups (broad SMARTS) is 2. The van der Waals surface area contributed by atoms with Gasteiger partial charge in [-0.25, -0.2) is 14.0 Å². The van der Waals surface area contributed by atoms with Gasteiger partial charge in [0, 0.05) is 44.8 Å². The topological polar surface area (TPSA) is 98.9 Å². The Labute approximate surface area is 213 Å². The van der Waals surface area contributed by atoms with Crippen LogP contribution in [-0.2, 0) is 29.2 Å². The van der Waals surface area contributed by atoms with E-state index in [1.165, 1.54) is 37.7 Å². The van der Waals surface area contributed by atoms with E-state index in [1.54, 1.807) is 12.1 Å². The summed E-state index contributed by atoms with van der Waals surface area (Å²) in [6.07, 6.45) is -5.62. The third-order valence-electron chi connectivity index (χ3n) is 5.63. The molecule has 0 saturated carbocycles. The molecule has 1 unspecified atom stereocenters. The quantitative estimate of drug-likeness (QED) is 0.549. The van der Waals surface area contributed by atoms with Crippen LogP contribution in [0.4, 0.5) is 30.7 Å². The predicted octanol–water partition coefficient (Wildman–Crippen LogP) is 4.02. The van der Waals surface area contributed by atoms with Crippen molar-refractivity contribution in [2.45, 2.75) is 44.8 Å². The predicted molar refractivity (Wildman–Crippen MR) is 119 cm³/mol. The van der Waals surface area contributed by atoms with Crippen molar-refractivity contribution in [1.29, 1.82) is 0 Å². The number of fused-ring (bicyclic) bond motifs is 1. The average molecular weight is 556 g/mol. The van der Waals surface area contributed by atoms with E-state index in [4.69, 9.17) is 19.8 Å². The lowest BCUT2D eigenvalue weighted by Gasteiger charge is -2.27. The molecule has 1 aromatic heterocycles. The molecule has 2 aliphatic rings. The van der Waals surface area contributed by atoms with Gasteiger partial charge in [0.2, 0.25) is 0 Å². The monoisotopic (exact) mass is 556 g/mol. The van der Waals surface area contributed by atoms with Crippen molar-refractivity contribution in [2.75, 3.05) is 26.2 Å². The fraction of sp³-hybridized carbons (Fsp3) is 0.522. The maximum absolute atomic E-state index is 13.5. The van der Waals surface area contributed by atoms with E-state index in [1.807, 2.05) is 12.3 Å². The Morgan fingerprint density at radius 3 is 2.03 bits per heavy atom. The Hall–Kier alpha value is -3.20. The van der Waals surface area contributed by atoms with Crippen molar-refractivity contribution in [1.82, 2.24) is 19.6 Å². The first-order valence-electron chi connectivity index (χ1n) is 11.4. The van der Waals surface area contributed by atoms with Crippen LogP contribution in [0.2, 0.25) is 0 Å². The van der Waals surface area contributed by atoms with Crippen molar-refractivity contribution >= 4 is 11.9 Å². The number of likely N-dealkylation sites (tertiary alicyclic amines) is 1. The van der Waals surface area contributed by atoms with Crippen molar-refractivity contribution in [3.05, 3.63) is 53.6 Å². The molecule has 2 N–H and O–H groups in total. The van der Waals surface area contributed by atoms with Gasteiger partial charge in [-0.05, 0) is 49.7 Å². The second-order valence-electron chi connectivity index (χ2n) is 8.78. The summed E-state index contributed by atoms with van der Waals surface area (Å²) >= 11 is 0. The van der Waals surface area contributed by atoms with Crippen LogP contribution in [-0.4, -0.2) is 80.3 Å². The fourth-order valence-electron chi connectivity index (χ4n) is 4.08. The molecule has 15 heteroatoms. The van der Waals surface area contributed by atoms with Gasteiger partial charge in [-0.1, -0.05) is 12.1 Å². The number of nitrogens with zero attached hydrogens (tertiary/aromatic N) is 4. The summed E-state index contributed by atoms with van der Waals surface area (Å²) in [6, 6.07) is 9.08. The van der Waals surface area contributed by atoms with Gasteiger partial charge in [0.05, 0.1) is 5.69 Å². The molecule has 2 aliphatic heterocycles. The zero-order valence-corrected chi connectivity index (χ0v) is 20.1. The van der Waals surface area contributed by atoms with E-state index in [2.05, 4.69) is 25.6 Å². The number of carbonyl (C=O) groups is 2. The van der Waals surface area contributed by atoms with Gasteiger partial charge < -0.3 is 15.1 Å². The summed E-state index contributed by atoms with van der Waals surface area (Å²) in [5.41, 5.74) is 2.30. The molecule has 1 fully saturated rings. The average Bonchev–Trinajstić information content (AvgIpc) is 3.42. The number of halogens is 7. The lowest BCUT2D eigenvalue weighted by Crippen LogP contribution is -2.35. The van der Waals surface area contributed by atoms with E-state index in [0.29, 0.717) is 5.92 Å². The highest BCUT2D eigenvalue weighted by atomic mass is 19.4. The molecule has 212 valence electrons. The highest BCUT2D eigenvalue weighted by molar-refractivity contribution is 5.73. The minimum Gasteiger partial charge on any atom is -0.475 e. The first-order chi connectivity index (χ1) is 17.6. The van der Waals surface area contributed by atoms with Gasteiger partial charge in [0.15, 0.2) is 0 Å². The summed E-state index contributed by atoms with van der Waals surface area (Å²) < 4.78 is 79.1. The molecule has 0 spiro atoms. The van der Waals surface area contributed by atoms with Crippen LogP contribution < -0.4 is 0 Å². The summed E-state index contributed by atoms with van der Waals surface area (Å²) in [4.78, 5) is 22.8. The zero-order valence-electron chi connectivity index (χ0n) is 20.1. The molecular formula is C23H27F7N4O4. The SMILES string of the molecule is Fc1cccc(CN2Cc3ccnn3CC(CN3CCCC3)C2)c1.O=C(O)C(F)(F)F.O=C(O)C(F)(F)F. The van der Waals surface area contributed by atoms with E-state index in [-0.39, 0.29) is 5.82 Å².